The van der Waals surface area contributed by atoms with Gasteiger partial charge < -0.3 is 33.2 Å². The number of esters is 2. The van der Waals surface area contributed by atoms with Crippen LogP contribution in [0.2, 0.25) is 0 Å². The van der Waals surface area contributed by atoms with Gasteiger partial charge in [0.2, 0.25) is 5.43 Å². The number of hydrogen-bond donors (Lipinski definition) is 1. The molecule has 11 nitrogen and oxygen atoms in total. The molecule has 3 atom stereocenters. The van der Waals surface area contributed by atoms with Crippen LogP contribution in [0.4, 0.5) is 0 Å². The van der Waals surface area contributed by atoms with E-state index in [4.69, 9.17) is 28.1 Å². The van der Waals surface area contributed by atoms with Crippen LogP contribution >= 0.6 is 0 Å². The van der Waals surface area contributed by atoms with E-state index in [9.17, 15) is 24.3 Å². The summed E-state index contributed by atoms with van der Waals surface area (Å²) in [6.07, 6.45) is -1.43. The lowest BCUT2D eigenvalue weighted by atomic mass is 10.0. The van der Waals surface area contributed by atoms with Crippen LogP contribution in [-0.4, -0.2) is 62.7 Å². The van der Waals surface area contributed by atoms with E-state index in [0.717, 1.165) is 0 Å². The van der Waals surface area contributed by atoms with Crippen molar-refractivity contribution in [2.45, 2.75) is 38.6 Å². The Hall–Kier alpha value is -4.06. The maximum Gasteiger partial charge on any atom is 0.340 e. The number of carboxylic acids is 1. The lowest BCUT2D eigenvalue weighted by molar-refractivity contribution is -0.148. The summed E-state index contributed by atoms with van der Waals surface area (Å²) >= 11 is 0. The van der Waals surface area contributed by atoms with Crippen molar-refractivity contribution in [1.29, 1.82) is 0 Å². The molecule has 0 spiro atoms. The summed E-state index contributed by atoms with van der Waals surface area (Å²) in [4.78, 5) is 49.5. The van der Waals surface area contributed by atoms with Gasteiger partial charge in [-0.25, -0.2) is 14.4 Å². The third-order valence-electron chi connectivity index (χ3n) is 5.86. The van der Waals surface area contributed by atoms with Crippen molar-refractivity contribution < 1.29 is 47.6 Å². The maximum absolute atomic E-state index is 13.5. The van der Waals surface area contributed by atoms with Crippen molar-refractivity contribution in [2.75, 3.05) is 21.3 Å². The van der Waals surface area contributed by atoms with Crippen LogP contribution in [0.15, 0.2) is 51.9 Å². The van der Waals surface area contributed by atoms with Crippen molar-refractivity contribution in [3.8, 4) is 22.6 Å². The van der Waals surface area contributed by atoms with E-state index in [1.165, 1.54) is 53.6 Å². The molecule has 0 fully saturated rings. The van der Waals surface area contributed by atoms with Gasteiger partial charge in [0, 0.05) is 39.9 Å². The Morgan fingerprint density at radius 1 is 0.895 bits per heavy atom. The van der Waals surface area contributed by atoms with Crippen LogP contribution in [0.5, 0.6) is 11.5 Å². The molecular formula is C27H28O11. The molecule has 0 bridgehead atoms. The molecule has 2 aromatic carbocycles. The fourth-order valence-electron chi connectivity index (χ4n) is 3.42. The third kappa shape index (κ3) is 6.43. The second kappa shape index (κ2) is 12.5. The van der Waals surface area contributed by atoms with E-state index in [0.29, 0.717) is 11.1 Å². The minimum Gasteiger partial charge on any atom is -0.479 e. The number of carboxylic acid groups (broad SMARTS) is 1. The summed E-state index contributed by atoms with van der Waals surface area (Å²) in [5.74, 6) is -2.76. The topological polar surface area (TPSA) is 148 Å². The van der Waals surface area contributed by atoms with Crippen molar-refractivity contribution in [3.63, 3.8) is 0 Å². The third-order valence-corrected chi connectivity index (χ3v) is 5.86. The molecule has 3 aromatic rings. The van der Waals surface area contributed by atoms with Crippen molar-refractivity contribution in [2.24, 2.45) is 0 Å². The molecule has 0 amide bonds. The summed E-state index contributed by atoms with van der Waals surface area (Å²) in [5, 5.41) is 9.15. The molecule has 1 N–H and O–H groups in total. The number of hydrogen-bond acceptors (Lipinski definition) is 10. The Labute approximate surface area is 217 Å². The number of carbonyl (C=O) groups is 3. The molecule has 202 valence electrons. The average molecular weight is 529 g/mol. The molecule has 0 unspecified atom stereocenters. The van der Waals surface area contributed by atoms with Crippen molar-refractivity contribution >= 4 is 28.9 Å². The second-order valence-electron chi connectivity index (χ2n) is 8.33. The summed E-state index contributed by atoms with van der Waals surface area (Å²) < 4.78 is 31.4. The Bertz CT molecular complexity index is 1370. The number of aliphatic carboxylic acids is 1. The number of benzene rings is 2. The van der Waals surface area contributed by atoms with Gasteiger partial charge >= 0.3 is 17.9 Å². The monoisotopic (exact) mass is 528 g/mol. The normalized spacial score (nSPS) is 13.5. The zero-order valence-electron chi connectivity index (χ0n) is 21.5. The Morgan fingerprint density at radius 3 is 2.05 bits per heavy atom. The molecule has 0 aliphatic carbocycles. The Morgan fingerprint density at radius 2 is 1.50 bits per heavy atom. The van der Waals surface area contributed by atoms with Gasteiger partial charge in [-0.3, -0.25) is 4.79 Å². The molecule has 0 saturated carbocycles. The number of carbonyl (C=O) groups excluding carboxylic acids is 2. The number of methoxy groups -OCH3 is 3. The highest BCUT2D eigenvalue weighted by Crippen LogP contribution is 2.32. The molecular weight excluding hydrogens is 500 g/mol. The number of ether oxygens (including phenoxy) is 5. The Balaban J connectivity index is 2.06. The first kappa shape index (κ1) is 28.5. The summed E-state index contributed by atoms with van der Waals surface area (Å²) in [5.41, 5.74) is 0.854. The first-order valence-corrected chi connectivity index (χ1v) is 11.5. The van der Waals surface area contributed by atoms with Crippen LogP contribution in [0.1, 0.15) is 19.4 Å². The molecule has 0 radical (unpaired) electrons. The predicted molar refractivity (Wildman–Crippen MR) is 134 cm³/mol. The fraction of sp³-hybridized carbons (Fsp3) is 0.333. The van der Waals surface area contributed by atoms with Crippen LogP contribution in [0.3, 0.4) is 0 Å². The number of fused-ring (bicyclic) bond motifs is 1. The summed E-state index contributed by atoms with van der Waals surface area (Å²) in [7, 11) is 3.99. The smallest absolute Gasteiger partial charge is 0.340 e. The van der Waals surface area contributed by atoms with Crippen LogP contribution < -0.4 is 14.9 Å². The standard InChI is InChI=1S/C27H28O11/c1-14(33-3)26(31)37-18-11-20-23(21(12-18)38-27(32)15(2)34-4)24(28)19(13-36-20)17-8-6-16(7-9-17)10-22(35-5)25(29)30/h6-9,11-15,22H,10H2,1-5H3,(H,29,30)/t14-,15+,22+/m1/s1. The SMILES string of the molecule is CO[C@@H](C)C(=O)Oc1cc(OC(=O)[C@@H](C)OC)cc2occ(-c3ccc(C[C@H](OC)C(=O)O)cc3)c(=O)c12. The second-order valence-corrected chi connectivity index (χ2v) is 8.33. The van der Waals surface area contributed by atoms with E-state index in [1.807, 2.05) is 0 Å². The van der Waals surface area contributed by atoms with E-state index < -0.39 is 41.6 Å². The largest absolute Gasteiger partial charge is 0.479 e. The summed E-state index contributed by atoms with van der Waals surface area (Å²) in [6.45, 7) is 2.97. The van der Waals surface area contributed by atoms with Gasteiger partial charge in [0.25, 0.3) is 0 Å². The van der Waals surface area contributed by atoms with E-state index in [2.05, 4.69) is 0 Å². The Kier molecular flexibility index (Phi) is 9.35. The maximum atomic E-state index is 13.5. The van der Waals surface area contributed by atoms with E-state index in [-0.39, 0.29) is 34.5 Å². The van der Waals surface area contributed by atoms with Gasteiger partial charge in [0.1, 0.15) is 28.7 Å². The fourth-order valence-corrected chi connectivity index (χ4v) is 3.42. The van der Waals surface area contributed by atoms with Crippen molar-refractivity contribution in [3.05, 3.63) is 58.4 Å². The number of rotatable bonds is 11. The van der Waals surface area contributed by atoms with E-state index >= 15 is 0 Å². The van der Waals surface area contributed by atoms with Gasteiger partial charge in [-0.2, -0.15) is 0 Å². The van der Waals surface area contributed by atoms with Crippen LogP contribution in [-0.2, 0) is 35.0 Å². The van der Waals surface area contributed by atoms with Gasteiger partial charge in [0.05, 0.1) is 5.56 Å². The zero-order valence-corrected chi connectivity index (χ0v) is 21.5. The first-order valence-electron chi connectivity index (χ1n) is 11.5. The molecule has 11 heteroatoms. The van der Waals surface area contributed by atoms with Crippen LogP contribution in [0.25, 0.3) is 22.1 Å². The highest BCUT2D eigenvalue weighted by atomic mass is 16.6. The summed E-state index contributed by atoms with van der Waals surface area (Å²) in [6, 6.07) is 9.20. The predicted octanol–water partition coefficient (Wildman–Crippen LogP) is 2.98. The molecule has 0 aliphatic rings. The quantitative estimate of drug-likeness (QED) is 0.289. The van der Waals surface area contributed by atoms with E-state index in [1.54, 1.807) is 24.3 Å². The lowest BCUT2D eigenvalue weighted by Crippen LogP contribution is -2.26. The van der Waals surface area contributed by atoms with Gasteiger partial charge in [-0.05, 0) is 25.0 Å². The molecule has 0 aliphatic heterocycles. The molecule has 0 saturated heterocycles. The van der Waals surface area contributed by atoms with Crippen LogP contribution in [0, 0.1) is 0 Å². The van der Waals surface area contributed by atoms with Gasteiger partial charge in [0.15, 0.2) is 18.3 Å². The first-order chi connectivity index (χ1) is 18.1. The zero-order chi connectivity index (χ0) is 28.0. The lowest BCUT2D eigenvalue weighted by Gasteiger charge is -2.14. The molecule has 1 heterocycles. The molecule has 38 heavy (non-hydrogen) atoms. The molecule has 1 aromatic heterocycles. The minimum absolute atomic E-state index is 0.0167. The van der Waals surface area contributed by atoms with Crippen molar-refractivity contribution in [1.82, 2.24) is 0 Å². The average Bonchev–Trinajstić information content (AvgIpc) is 2.90. The highest BCUT2D eigenvalue weighted by molar-refractivity contribution is 5.91. The van der Waals surface area contributed by atoms with Gasteiger partial charge in [-0.15, -0.1) is 0 Å². The van der Waals surface area contributed by atoms with Gasteiger partial charge in [-0.1, -0.05) is 24.3 Å². The molecule has 3 rings (SSSR count). The highest BCUT2D eigenvalue weighted by Gasteiger charge is 2.23. The minimum atomic E-state index is -1.08.